The standard InChI is InChI=1S/C24H30N6O4/c1-3-11-34-12-10-30-21-13-19(16-4-9-22(33-2)26-14-16)25-15-20(21)28-23(24(30)31)27-17-5-7-18(29-32)8-6-17/h4,9,13-15,17,32H,3,5-8,10-12H2,1-2H3,(H,27,28). The van der Waals surface area contributed by atoms with Crippen molar-refractivity contribution in [2.75, 3.05) is 25.6 Å². The molecular formula is C24H30N6O4. The zero-order valence-electron chi connectivity index (χ0n) is 19.5. The van der Waals surface area contributed by atoms with Crippen molar-refractivity contribution in [2.24, 2.45) is 5.16 Å². The highest BCUT2D eigenvalue weighted by atomic mass is 16.5. The minimum absolute atomic E-state index is 0.0885. The van der Waals surface area contributed by atoms with Gasteiger partial charge in [0, 0.05) is 37.0 Å². The van der Waals surface area contributed by atoms with E-state index in [-0.39, 0.29) is 11.6 Å². The number of pyridine rings is 2. The number of rotatable bonds is 9. The summed E-state index contributed by atoms with van der Waals surface area (Å²) in [5.41, 5.74) is 3.41. The molecule has 3 aromatic rings. The average molecular weight is 467 g/mol. The summed E-state index contributed by atoms with van der Waals surface area (Å²) >= 11 is 0. The lowest BCUT2D eigenvalue weighted by atomic mass is 9.94. The summed E-state index contributed by atoms with van der Waals surface area (Å²) in [6.07, 6.45) is 7.23. The van der Waals surface area contributed by atoms with E-state index in [0.717, 1.165) is 30.5 Å². The van der Waals surface area contributed by atoms with Crippen LogP contribution in [0.1, 0.15) is 39.0 Å². The van der Waals surface area contributed by atoms with E-state index in [4.69, 9.17) is 14.7 Å². The van der Waals surface area contributed by atoms with Gasteiger partial charge in [-0.25, -0.2) is 9.97 Å². The number of hydrogen-bond acceptors (Lipinski definition) is 9. The highest BCUT2D eigenvalue weighted by Crippen LogP contribution is 2.23. The first kappa shape index (κ1) is 23.6. The Balaban J connectivity index is 1.68. The third-order valence-corrected chi connectivity index (χ3v) is 5.93. The number of nitrogens with one attached hydrogen (secondary N) is 1. The zero-order chi connectivity index (χ0) is 23.9. The van der Waals surface area contributed by atoms with E-state index in [1.807, 2.05) is 19.1 Å². The van der Waals surface area contributed by atoms with Crippen LogP contribution in [-0.2, 0) is 11.3 Å². The number of aromatic nitrogens is 4. The molecule has 0 aliphatic heterocycles. The van der Waals surface area contributed by atoms with Gasteiger partial charge in [0.05, 0.1) is 36.8 Å². The molecule has 0 unspecified atom stereocenters. The first-order valence-corrected chi connectivity index (χ1v) is 11.6. The van der Waals surface area contributed by atoms with Crippen molar-refractivity contribution in [1.82, 2.24) is 19.5 Å². The molecule has 180 valence electrons. The van der Waals surface area contributed by atoms with Gasteiger partial charge in [0.1, 0.15) is 5.52 Å². The SMILES string of the molecule is CCCOCCn1c(=O)c(NC2CCC(=NO)CC2)nc2cnc(-c3ccc(OC)nc3)cc21. The van der Waals surface area contributed by atoms with Crippen molar-refractivity contribution < 1.29 is 14.7 Å². The van der Waals surface area contributed by atoms with Crippen LogP contribution < -0.4 is 15.6 Å². The van der Waals surface area contributed by atoms with Gasteiger partial charge in [-0.3, -0.25) is 9.78 Å². The van der Waals surface area contributed by atoms with Crippen molar-refractivity contribution in [3.63, 3.8) is 0 Å². The molecule has 10 heteroatoms. The number of fused-ring (bicyclic) bond motifs is 1. The molecule has 3 aromatic heterocycles. The van der Waals surface area contributed by atoms with Crippen LogP contribution in [0.5, 0.6) is 5.88 Å². The summed E-state index contributed by atoms with van der Waals surface area (Å²) in [6, 6.07) is 5.60. The second-order valence-corrected chi connectivity index (χ2v) is 8.26. The van der Waals surface area contributed by atoms with Crippen LogP contribution in [0.15, 0.2) is 40.5 Å². The van der Waals surface area contributed by atoms with Crippen molar-refractivity contribution >= 4 is 22.6 Å². The van der Waals surface area contributed by atoms with Gasteiger partial charge in [0.25, 0.3) is 5.56 Å². The molecule has 0 aromatic carbocycles. The van der Waals surface area contributed by atoms with Gasteiger partial charge < -0.3 is 24.6 Å². The van der Waals surface area contributed by atoms with Gasteiger partial charge in [0.2, 0.25) is 5.88 Å². The molecule has 0 bridgehead atoms. The van der Waals surface area contributed by atoms with E-state index in [9.17, 15) is 4.79 Å². The maximum absolute atomic E-state index is 13.4. The van der Waals surface area contributed by atoms with E-state index in [0.29, 0.717) is 61.0 Å². The molecule has 1 aliphatic carbocycles. The van der Waals surface area contributed by atoms with Gasteiger partial charge in [-0.15, -0.1) is 0 Å². The number of ether oxygens (including phenoxy) is 2. The van der Waals surface area contributed by atoms with Gasteiger partial charge in [0.15, 0.2) is 5.82 Å². The molecule has 2 N–H and O–H groups in total. The smallest absolute Gasteiger partial charge is 0.293 e. The van der Waals surface area contributed by atoms with Crippen LogP contribution in [0.25, 0.3) is 22.3 Å². The zero-order valence-corrected chi connectivity index (χ0v) is 19.5. The molecule has 1 aliphatic rings. The summed E-state index contributed by atoms with van der Waals surface area (Å²) in [5, 5.41) is 15.6. The Morgan fingerprint density at radius 2 is 2.03 bits per heavy atom. The predicted octanol–water partition coefficient (Wildman–Crippen LogP) is 3.47. The van der Waals surface area contributed by atoms with Gasteiger partial charge in [-0.1, -0.05) is 12.1 Å². The largest absolute Gasteiger partial charge is 0.481 e. The fraction of sp³-hybridized carbons (Fsp3) is 0.458. The van der Waals surface area contributed by atoms with Gasteiger partial charge in [-0.05, 0) is 44.2 Å². The summed E-state index contributed by atoms with van der Waals surface area (Å²) in [7, 11) is 1.57. The first-order valence-electron chi connectivity index (χ1n) is 11.6. The Morgan fingerprint density at radius 3 is 2.71 bits per heavy atom. The third-order valence-electron chi connectivity index (χ3n) is 5.93. The van der Waals surface area contributed by atoms with Crippen molar-refractivity contribution in [1.29, 1.82) is 0 Å². The number of methoxy groups -OCH3 is 1. The quantitative estimate of drug-likeness (QED) is 0.279. The Morgan fingerprint density at radius 1 is 1.21 bits per heavy atom. The molecule has 0 saturated heterocycles. The lowest BCUT2D eigenvalue weighted by Crippen LogP contribution is -2.33. The molecule has 1 fully saturated rings. The number of nitrogens with zero attached hydrogens (tertiary/aromatic N) is 5. The molecule has 10 nitrogen and oxygen atoms in total. The Bertz CT molecular complexity index is 1200. The lowest BCUT2D eigenvalue weighted by molar-refractivity contribution is 0.127. The van der Waals surface area contributed by atoms with E-state index in [1.165, 1.54) is 0 Å². The molecule has 0 atom stereocenters. The fourth-order valence-electron chi connectivity index (χ4n) is 4.06. The molecule has 0 spiro atoms. The third kappa shape index (κ3) is 5.33. The molecule has 0 radical (unpaired) electrons. The van der Waals surface area contributed by atoms with Crippen LogP contribution in [-0.4, -0.2) is 56.8 Å². The second-order valence-electron chi connectivity index (χ2n) is 8.26. The van der Waals surface area contributed by atoms with E-state index in [1.54, 1.807) is 30.1 Å². The van der Waals surface area contributed by atoms with Crippen LogP contribution in [0.4, 0.5) is 5.82 Å². The highest BCUT2D eigenvalue weighted by Gasteiger charge is 2.21. The van der Waals surface area contributed by atoms with Crippen molar-refractivity contribution in [3.05, 3.63) is 40.9 Å². The summed E-state index contributed by atoms with van der Waals surface area (Å²) in [6.45, 7) is 3.52. The second kappa shape index (κ2) is 11.1. The average Bonchev–Trinajstić information content (AvgIpc) is 2.88. The van der Waals surface area contributed by atoms with Crippen LogP contribution in [0.2, 0.25) is 0 Å². The highest BCUT2D eigenvalue weighted by molar-refractivity contribution is 5.85. The van der Waals surface area contributed by atoms with Crippen LogP contribution in [0, 0.1) is 0 Å². The minimum atomic E-state index is -0.195. The number of oxime groups is 1. The molecule has 0 amide bonds. The van der Waals surface area contributed by atoms with E-state index >= 15 is 0 Å². The van der Waals surface area contributed by atoms with E-state index in [2.05, 4.69) is 25.4 Å². The fourth-order valence-corrected chi connectivity index (χ4v) is 4.06. The van der Waals surface area contributed by atoms with Crippen molar-refractivity contribution in [3.8, 4) is 17.1 Å². The number of hydrogen-bond donors (Lipinski definition) is 2. The summed E-state index contributed by atoms with van der Waals surface area (Å²) in [5.74, 6) is 0.824. The normalized spacial score (nSPS) is 15.9. The van der Waals surface area contributed by atoms with Crippen LogP contribution in [0.3, 0.4) is 0 Å². The Kier molecular flexibility index (Phi) is 7.69. The Hall–Kier alpha value is -3.53. The monoisotopic (exact) mass is 466 g/mol. The minimum Gasteiger partial charge on any atom is -0.481 e. The Labute approximate surface area is 197 Å². The number of anilines is 1. The molecule has 3 heterocycles. The topological polar surface area (TPSA) is 124 Å². The first-order chi connectivity index (χ1) is 16.6. The molecular weight excluding hydrogens is 436 g/mol. The molecule has 1 saturated carbocycles. The molecule has 34 heavy (non-hydrogen) atoms. The van der Waals surface area contributed by atoms with Crippen molar-refractivity contribution in [2.45, 2.75) is 51.6 Å². The molecule has 4 rings (SSSR count). The predicted molar refractivity (Wildman–Crippen MR) is 130 cm³/mol. The maximum atomic E-state index is 13.4. The van der Waals surface area contributed by atoms with Crippen LogP contribution >= 0.6 is 0 Å². The van der Waals surface area contributed by atoms with Gasteiger partial charge in [-0.2, -0.15) is 0 Å². The summed E-state index contributed by atoms with van der Waals surface area (Å²) in [4.78, 5) is 26.9. The summed E-state index contributed by atoms with van der Waals surface area (Å²) < 4.78 is 12.5. The lowest BCUT2D eigenvalue weighted by Gasteiger charge is -2.24. The van der Waals surface area contributed by atoms with Gasteiger partial charge >= 0.3 is 0 Å². The maximum Gasteiger partial charge on any atom is 0.293 e. The van der Waals surface area contributed by atoms with E-state index < -0.39 is 0 Å².